The van der Waals surface area contributed by atoms with Crippen LogP contribution in [0.4, 0.5) is 5.95 Å². The van der Waals surface area contributed by atoms with Crippen molar-refractivity contribution in [3.63, 3.8) is 0 Å². The number of hydrogen-bond acceptors (Lipinski definition) is 6. The number of nitrogens with zero attached hydrogens (tertiary/aromatic N) is 4. The normalized spacial score (nSPS) is 22.6. The van der Waals surface area contributed by atoms with Gasteiger partial charge in [-0.1, -0.05) is 19.8 Å². The van der Waals surface area contributed by atoms with Crippen LogP contribution in [0.2, 0.25) is 0 Å². The van der Waals surface area contributed by atoms with Crippen LogP contribution < -0.4 is 5.32 Å². The van der Waals surface area contributed by atoms with Gasteiger partial charge in [-0.15, -0.1) is 5.10 Å². The molecule has 0 bridgehead atoms. The maximum atomic E-state index is 5.38. The van der Waals surface area contributed by atoms with Crippen LogP contribution >= 0.6 is 0 Å². The molecule has 2 aliphatic rings. The summed E-state index contributed by atoms with van der Waals surface area (Å²) in [6, 6.07) is 6.78. The van der Waals surface area contributed by atoms with Gasteiger partial charge in [-0.2, -0.15) is 0 Å². The molecule has 0 spiro atoms. The first-order chi connectivity index (χ1) is 15.6. The summed E-state index contributed by atoms with van der Waals surface area (Å²) in [7, 11) is 1.71. The number of anilines is 1. The van der Waals surface area contributed by atoms with E-state index in [1.807, 2.05) is 12.4 Å². The minimum atomic E-state index is 0.138. The van der Waals surface area contributed by atoms with Crippen molar-refractivity contribution >= 4 is 11.5 Å². The molecule has 3 aromatic rings. The summed E-state index contributed by atoms with van der Waals surface area (Å²) in [6.07, 6.45) is 8.83. The molecule has 1 aliphatic heterocycles. The summed E-state index contributed by atoms with van der Waals surface area (Å²) in [5.74, 6) is 2.37. The maximum absolute atomic E-state index is 5.38. The zero-order chi connectivity index (χ0) is 22.1. The molecule has 170 valence electrons. The summed E-state index contributed by atoms with van der Waals surface area (Å²) >= 11 is 0. The number of rotatable bonds is 7. The molecular formula is C25H33N5O2. The number of ether oxygens (including phenoxy) is 2. The van der Waals surface area contributed by atoms with Gasteiger partial charge in [-0.3, -0.25) is 4.98 Å². The van der Waals surface area contributed by atoms with E-state index in [9.17, 15) is 0 Å². The van der Waals surface area contributed by atoms with Crippen LogP contribution in [0.1, 0.15) is 62.8 Å². The molecule has 7 heteroatoms. The number of methoxy groups -OCH3 is 1. The summed E-state index contributed by atoms with van der Waals surface area (Å²) in [5, 5.41) is 8.29. The highest BCUT2D eigenvalue weighted by Crippen LogP contribution is 2.39. The number of pyridine rings is 1. The molecule has 1 saturated heterocycles. The zero-order valence-electron chi connectivity index (χ0n) is 19.3. The average molecular weight is 436 g/mol. The van der Waals surface area contributed by atoms with Crippen LogP contribution in [-0.2, 0) is 9.47 Å². The van der Waals surface area contributed by atoms with Crippen LogP contribution in [0.3, 0.4) is 0 Å². The van der Waals surface area contributed by atoms with Gasteiger partial charge in [-0.05, 0) is 49.4 Å². The zero-order valence-corrected chi connectivity index (χ0v) is 19.3. The van der Waals surface area contributed by atoms with Gasteiger partial charge in [0, 0.05) is 48.1 Å². The Morgan fingerprint density at radius 3 is 2.69 bits per heavy atom. The monoisotopic (exact) mass is 435 g/mol. The van der Waals surface area contributed by atoms with Gasteiger partial charge >= 0.3 is 0 Å². The van der Waals surface area contributed by atoms with E-state index in [0.29, 0.717) is 24.4 Å². The van der Waals surface area contributed by atoms with Crippen LogP contribution in [0, 0.1) is 5.92 Å². The summed E-state index contributed by atoms with van der Waals surface area (Å²) in [4.78, 5) is 9.23. The Morgan fingerprint density at radius 1 is 1.16 bits per heavy atom. The van der Waals surface area contributed by atoms with Crippen LogP contribution in [0.15, 0.2) is 30.6 Å². The molecule has 1 saturated carbocycles. The largest absolute Gasteiger partial charge is 0.383 e. The third-order valence-electron chi connectivity index (χ3n) is 6.92. The molecule has 4 heterocycles. The standard InChI is InChI=1S/C25H33N5O2/c1-16-4-6-18(7-5-16)23-11-21(19-8-9-26-22(10-19)20-14-32-15-20)24-12-27-25(29-30(23)24)28-17(2)13-31-3/h8-12,16-18,20H,4-7,13-15H2,1-3H3,(H,28,29)/t16?,17-,18?/m0/s1. The van der Waals surface area contributed by atoms with Crippen LogP contribution in [0.25, 0.3) is 16.6 Å². The average Bonchev–Trinajstić information content (AvgIpc) is 3.12. The topological polar surface area (TPSA) is 73.6 Å². The van der Waals surface area contributed by atoms with E-state index < -0.39 is 0 Å². The molecule has 7 nitrogen and oxygen atoms in total. The molecule has 0 unspecified atom stereocenters. The van der Waals surface area contributed by atoms with Crippen molar-refractivity contribution in [3.05, 3.63) is 42.0 Å². The second-order valence-corrected chi connectivity index (χ2v) is 9.52. The smallest absolute Gasteiger partial charge is 0.241 e. The van der Waals surface area contributed by atoms with Gasteiger partial charge in [0.25, 0.3) is 0 Å². The lowest BCUT2D eigenvalue weighted by Crippen LogP contribution is -2.25. The van der Waals surface area contributed by atoms with E-state index >= 15 is 0 Å². The van der Waals surface area contributed by atoms with E-state index in [0.717, 1.165) is 30.3 Å². The minimum absolute atomic E-state index is 0.138. The Kier molecular flexibility index (Phi) is 6.11. The second kappa shape index (κ2) is 9.16. The van der Waals surface area contributed by atoms with Crippen molar-refractivity contribution in [3.8, 4) is 11.1 Å². The van der Waals surface area contributed by atoms with E-state index in [4.69, 9.17) is 14.6 Å². The molecule has 3 aromatic heterocycles. The maximum Gasteiger partial charge on any atom is 0.241 e. The lowest BCUT2D eigenvalue weighted by atomic mass is 9.81. The summed E-state index contributed by atoms with van der Waals surface area (Å²) in [6.45, 7) is 6.56. The highest BCUT2D eigenvalue weighted by atomic mass is 16.5. The number of aromatic nitrogens is 4. The fourth-order valence-electron chi connectivity index (χ4n) is 4.92. The first kappa shape index (κ1) is 21.3. The van der Waals surface area contributed by atoms with Gasteiger partial charge < -0.3 is 14.8 Å². The van der Waals surface area contributed by atoms with Crippen molar-refractivity contribution < 1.29 is 9.47 Å². The fraction of sp³-hybridized carbons (Fsp3) is 0.560. The predicted octanol–water partition coefficient (Wildman–Crippen LogP) is 4.65. The van der Waals surface area contributed by atoms with Crippen LogP contribution in [0.5, 0.6) is 0 Å². The van der Waals surface area contributed by atoms with Crippen LogP contribution in [-0.4, -0.2) is 52.6 Å². The van der Waals surface area contributed by atoms with Gasteiger partial charge in [0.2, 0.25) is 5.95 Å². The molecule has 0 radical (unpaired) electrons. The van der Waals surface area contributed by atoms with Crippen molar-refractivity contribution in [1.29, 1.82) is 0 Å². The van der Waals surface area contributed by atoms with Gasteiger partial charge in [-0.25, -0.2) is 9.50 Å². The molecule has 1 atom stereocenters. The first-order valence-corrected chi connectivity index (χ1v) is 11.8. The third kappa shape index (κ3) is 4.24. The van der Waals surface area contributed by atoms with Crippen molar-refractivity contribution in [2.45, 2.75) is 57.4 Å². The summed E-state index contributed by atoms with van der Waals surface area (Å²) in [5.41, 5.74) is 5.79. The molecule has 2 fully saturated rings. The van der Waals surface area contributed by atoms with Crippen molar-refractivity contribution in [2.75, 3.05) is 32.2 Å². The minimum Gasteiger partial charge on any atom is -0.383 e. The lowest BCUT2D eigenvalue weighted by Gasteiger charge is -2.26. The Morgan fingerprint density at radius 2 is 1.97 bits per heavy atom. The second-order valence-electron chi connectivity index (χ2n) is 9.52. The Hall–Kier alpha value is -2.51. The molecule has 0 aromatic carbocycles. The SMILES string of the molecule is COC[C@H](C)Nc1ncc2c(-c3ccnc(C4COC4)c3)cc(C3CCC(C)CC3)n2n1. The quantitative estimate of drug-likeness (QED) is 0.583. The Bertz CT molecular complexity index is 1070. The molecule has 1 N–H and O–H groups in total. The molecule has 1 aliphatic carbocycles. The number of hydrogen-bond donors (Lipinski definition) is 1. The lowest BCUT2D eigenvalue weighted by molar-refractivity contribution is 0.00674. The Balaban J connectivity index is 1.55. The molecular weight excluding hydrogens is 402 g/mol. The van der Waals surface area contributed by atoms with Crippen molar-refractivity contribution in [2.24, 2.45) is 5.92 Å². The number of fused-ring (bicyclic) bond motifs is 1. The van der Waals surface area contributed by atoms with Gasteiger partial charge in [0.15, 0.2) is 0 Å². The van der Waals surface area contributed by atoms with E-state index in [1.54, 1.807) is 7.11 Å². The van der Waals surface area contributed by atoms with Gasteiger partial charge in [0.05, 0.1) is 31.5 Å². The van der Waals surface area contributed by atoms with E-state index in [1.165, 1.54) is 42.5 Å². The Labute approximate surface area is 189 Å². The highest BCUT2D eigenvalue weighted by molar-refractivity contribution is 5.81. The van der Waals surface area contributed by atoms with Crippen molar-refractivity contribution in [1.82, 2.24) is 19.6 Å². The number of nitrogens with one attached hydrogen (secondary N) is 1. The van der Waals surface area contributed by atoms with E-state index in [2.05, 4.69) is 51.8 Å². The highest BCUT2D eigenvalue weighted by Gasteiger charge is 2.26. The first-order valence-electron chi connectivity index (χ1n) is 11.8. The third-order valence-corrected chi connectivity index (χ3v) is 6.92. The van der Waals surface area contributed by atoms with Gasteiger partial charge in [0.1, 0.15) is 0 Å². The summed E-state index contributed by atoms with van der Waals surface area (Å²) < 4.78 is 12.8. The molecule has 5 rings (SSSR count). The predicted molar refractivity (Wildman–Crippen MR) is 125 cm³/mol. The molecule has 0 amide bonds. The van der Waals surface area contributed by atoms with E-state index in [-0.39, 0.29) is 6.04 Å². The fourth-order valence-corrected chi connectivity index (χ4v) is 4.92. The molecule has 32 heavy (non-hydrogen) atoms.